The topological polar surface area (TPSA) is 40.1 Å². The summed E-state index contributed by atoms with van der Waals surface area (Å²) in [6, 6.07) is 0.675. The highest BCUT2D eigenvalue weighted by Gasteiger charge is 2.30. The Hall–Kier alpha value is 0.270. The molecule has 1 unspecified atom stereocenters. The van der Waals surface area contributed by atoms with E-state index in [1.807, 2.05) is 0 Å². The van der Waals surface area contributed by atoms with Crippen molar-refractivity contribution >= 4 is 41.7 Å². The van der Waals surface area contributed by atoms with Crippen LogP contribution in [0.3, 0.4) is 0 Å². The van der Waals surface area contributed by atoms with Crippen LogP contribution in [0.15, 0.2) is 4.99 Å². The highest BCUT2D eigenvalue weighted by Crippen LogP contribution is 2.23. The molecule has 3 rings (SSSR count). The predicted octanol–water partition coefficient (Wildman–Crippen LogP) is 2.12. The van der Waals surface area contributed by atoms with Crippen LogP contribution in [0.25, 0.3) is 0 Å². The smallest absolute Gasteiger partial charge is 0.193 e. The Morgan fingerprint density at radius 2 is 1.92 bits per heavy atom. The molecule has 0 aliphatic carbocycles. The number of nitrogens with zero attached hydrogens (tertiary/aromatic N) is 3. The van der Waals surface area contributed by atoms with Gasteiger partial charge in [0.25, 0.3) is 0 Å². The Kier molecular flexibility index (Phi) is 9.50. The molecule has 3 heterocycles. The van der Waals surface area contributed by atoms with E-state index < -0.39 is 0 Å². The van der Waals surface area contributed by atoms with E-state index in [9.17, 15) is 0 Å². The van der Waals surface area contributed by atoms with Crippen molar-refractivity contribution in [1.29, 1.82) is 0 Å². The number of ether oxygens (including phenoxy) is 1. The lowest BCUT2D eigenvalue weighted by atomic mass is 10.0. The van der Waals surface area contributed by atoms with Crippen LogP contribution in [0.2, 0.25) is 0 Å². The van der Waals surface area contributed by atoms with E-state index in [-0.39, 0.29) is 24.0 Å². The average Bonchev–Trinajstić information content (AvgIpc) is 3.10. The molecular weight excluding hydrogens is 435 g/mol. The maximum Gasteiger partial charge on any atom is 0.193 e. The van der Waals surface area contributed by atoms with Crippen molar-refractivity contribution in [3.05, 3.63) is 0 Å². The van der Waals surface area contributed by atoms with E-state index in [1.165, 1.54) is 30.8 Å². The second-order valence-corrected chi connectivity index (χ2v) is 8.01. The molecule has 0 aromatic heterocycles. The second kappa shape index (κ2) is 11.1. The number of hydrogen-bond donors (Lipinski definition) is 1. The Balaban J connectivity index is 0.00000208. The number of morpholine rings is 1. The third-order valence-corrected chi connectivity index (χ3v) is 6.25. The minimum absolute atomic E-state index is 0. The minimum atomic E-state index is 0. The minimum Gasteiger partial charge on any atom is -0.379 e. The highest BCUT2D eigenvalue weighted by atomic mass is 127. The Morgan fingerprint density at radius 1 is 1.17 bits per heavy atom. The summed E-state index contributed by atoms with van der Waals surface area (Å²) in [6.45, 7) is 10.3. The molecule has 0 radical (unpaired) electrons. The second-order valence-electron chi connectivity index (χ2n) is 6.79. The van der Waals surface area contributed by atoms with Crippen LogP contribution >= 0.6 is 35.7 Å². The predicted molar refractivity (Wildman–Crippen MR) is 114 cm³/mol. The lowest BCUT2D eigenvalue weighted by molar-refractivity contribution is 0.0195. The first kappa shape index (κ1) is 20.6. The summed E-state index contributed by atoms with van der Waals surface area (Å²) >= 11 is 2.09. The van der Waals surface area contributed by atoms with Gasteiger partial charge in [-0.25, -0.2) is 0 Å². The Bertz CT molecular complexity index is 387. The molecule has 5 nitrogen and oxygen atoms in total. The third-order valence-electron chi connectivity index (χ3n) is 5.20. The average molecular weight is 468 g/mol. The van der Waals surface area contributed by atoms with Gasteiger partial charge in [0.05, 0.1) is 13.2 Å². The zero-order valence-electron chi connectivity index (χ0n) is 14.9. The summed E-state index contributed by atoms with van der Waals surface area (Å²) in [5, 5.41) is 3.52. The van der Waals surface area contributed by atoms with E-state index in [0.29, 0.717) is 6.04 Å². The summed E-state index contributed by atoms with van der Waals surface area (Å²) in [4.78, 5) is 10.1. The quantitative estimate of drug-likeness (QED) is 0.389. The molecular formula is C17H33IN4OS. The van der Waals surface area contributed by atoms with E-state index in [0.717, 1.165) is 64.4 Å². The van der Waals surface area contributed by atoms with Crippen molar-refractivity contribution in [2.24, 2.45) is 10.9 Å². The van der Waals surface area contributed by atoms with Crippen LogP contribution in [-0.4, -0.2) is 85.8 Å². The molecule has 3 saturated heterocycles. The van der Waals surface area contributed by atoms with Crippen LogP contribution in [-0.2, 0) is 4.74 Å². The molecule has 140 valence electrons. The molecule has 7 heteroatoms. The maximum absolute atomic E-state index is 5.48. The number of nitrogens with one attached hydrogen (secondary N) is 1. The van der Waals surface area contributed by atoms with E-state index >= 15 is 0 Å². The number of halogens is 1. The standard InChI is InChI=1S/C17H32N4OS.HI/c1-2-18-17(19-13-15-4-11-23-12-5-15)21-6-3-16(14-21)20-7-9-22-10-8-20;/h15-16H,2-14H2,1H3,(H,18,19);1H. The van der Waals surface area contributed by atoms with Crippen LogP contribution in [0.5, 0.6) is 0 Å². The van der Waals surface area contributed by atoms with Crippen molar-refractivity contribution < 1.29 is 4.74 Å². The molecule has 0 aromatic rings. The number of aliphatic imine (C=N–C) groups is 1. The zero-order valence-corrected chi connectivity index (χ0v) is 18.1. The fraction of sp³-hybridized carbons (Fsp3) is 0.941. The summed E-state index contributed by atoms with van der Waals surface area (Å²) in [7, 11) is 0. The van der Waals surface area contributed by atoms with E-state index in [2.05, 4.69) is 33.8 Å². The lowest BCUT2D eigenvalue weighted by Gasteiger charge is -2.32. The fourth-order valence-corrected chi connectivity index (χ4v) is 4.95. The first-order valence-electron chi connectivity index (χ1n) is 9.29. The fourth-order valence-electron chi connectivity index (χ4n) is 3.75. The van der Waals surface area contributed by atoms with Gasteiger partial charge in [0.15, 0.2) is 5.96 Å². The van der Waals surface area contributed by atoms with Crippen molar-refractivity contribution in [2.75, 3.05) is 64.0 Å². The Morgan fingerprint density at radius 3 is 2.62 bits per heavy atom. The molecule has 0 bridgehead atoms. The van der Waals surface area contributed by atoms with Crippen molar-refractivity contribution in [3.8, 4) is 0 Å². The van der Waals surface area contributed by atoms with Crippen LogP contribution < -0.4 is 5.32 Å². The van der Waals surface area contributed by atoms with E-state index in [1.54, 1.807) is 0 Å². The Labute approximate surface area is 168 Å². The number of thioether (sulfide) groups is 1. The highest BCUT2D eigenvalue weighted by molar-refractivity contribution is 14.0. The molecule has 3 fully saturated rings. The van der Waals surface area contributed by atoms with Gasteiger partial charge in [0, 0.05) is 45.3 Å². The third kappa shape index (κ3) is 5.92. The summed E-state index contributed by atoms with van der Waals surface area (Å²) in [6.07, 6.45) is 3.93. The molecule has 24 heavy (non-hydrogen) atoms. The van der Waals surface area contributed by atoms with Gasteiger partial charge in [-0.15, -0.1) is 24.0 Å². The number of rotatable bonds is 4. The summed E-state index contributed by atoms with van der Waals surface area (Å²) < 4.78 is 5.48. The van der Waals surface area contributed by atoms with Gasteiger partial charge in [-0.3, -0.25) is 9.89 Å². The van der Waals surface area contributed by atoms with Crippen molar-refractivity contribution in [1.82, 2.24) is 15.1 Å². The van der Waals surface area contributed by atoms with Gasteiger partial charge < -0.3 is 15.0 Å². The summed E-state index contributed by atoms with van der Waals surface area (Å²) in [5.74, 6) is 4.57. The van der Waals surface area contributed by atoms with Gasteiger partial charge >= 0.3 is 0 Å². The van der Waals surface area contributed by atoms with Crippen LogP contribution in [0.4, 0.5) is 0 Å². The van der Waals surface area contributed by atoms with Gasteiger partial charge in [0.2, 0.25) is 0 Å². The van der Waals surface area contributed by atoms with Crippen LogP contribution in [0, 0.1) is 5.92 Å². The monoisotopic (exact) mass is 468 g/mol. The maximum atomic E-state index is 5.48. The normalized spacial score (nSPS) is 27.1. The molecule has 1 atom stereocenters. The van der Waals surface area contributed by atoms with Crippen molar-refractivity contribution in [2.45, 2.75) is 32.2 Å². The van der Waals surface area contributed by atoms with Gasteiger partial charge in [-0.2, -0.15) is 11.8 Å². The SMILES string of the molecule is CCNC(=NCC1CCSCC1)N1CCC(N2CCOCC2)C1.I. The van der Waals surface area contributed by atoms with Gasteiger partial charge in [-0.05, 0) is 43.6 Å². The largest absolute Gasteiger partial charge is 0.379 e. The first-order chi connectivity index (χ1) is 11.4. The molecule has 3 aliphatic rings. The zero-order chi connectivity index (χ0) is 15.9. The molecule has 0 amide bonds. The lowest BCUT2D eigenvalue weighted by Crippen LogP contribution is -2.46. The molecule has 0 aromatic carbocycles. The molecule has 0 saturated carbocycles. The number of likely N-dealkylation sites (tertiary alicyclic amines) is 1. The van der Waals surface area contributed by atoms with E-state index in [4.69, 9.17) is 9.73 Å². The number of guanidine groups is 1. The first-order valence-corrected chi connectivity index (χ1v) is 10.4. The van der Waals surface area contributed by atoms with Gasteiger partial charge in [0.1, 0.15) is 0 Å². The molecule has 0 spiro atoms. The summed E-state index contributed by atoms with van der Waals surface area (Å²) in [5.41, 5.74) is 0. The molecule has 3 aliphatic heterocycles. The van der Waals surface area contributed by atoms with Crippen LogP contribution in [0.1, 0.15) is 26.2 Å². The molecule has 1 N–H and O–H groups in total. The number of hydrogen-bond acceptors (Lipinski definition) is 4. The van der Waals surface area contributed by atoms with Gasteiger partial charge in [-0.1, -0.05) is 0 Å². The van der Waals surface area contributed by atoms with Crippen molar-refractivity contribution in [3.63, 3.8) is 0 Å².